The molecule has 1 aromatic heterocycles. The van der Waals surface area contributed by atoms with Gasteiger partial charge in [0.15, 0.2) is 0 Å². The maximum absolute atomic E-state index is 7.42. The van der Waals surface area contributed by atoms with Gasteiger partial charge in [-0.25, -0.2) is 0 Å². The van der Waals surface area contributed by atoms with Gasteiger partial charge in [0, 0.05) is 23.7 Å². The second-order valence-corrected chi connectivity index (χ2v) is 4.28. The quantitative estimate of drug-likeness (QED) is 0.803. The maximum Gasteiger partial charge on any atom is 0.0451 e. The van der Waals surface area contributed by atoms with Crippen LogP contribution in [-0.4, -0.2) is 11.2 Å². The highest BCUT2D eigenvalue weighted by molar-refractivity contribution is 5.86. The standard InChI is InChI=1S/C16H16N2/c1-4-13-9-16(11(2)8-14(13)10-17)15-6-5-7-18-12(15)3/h4-10,17H,1H2,2-3H3. The molecule has 0 unspecified atom stereocenters. The summed E-state index contributed by atoms with van der Waals surface area (Å²) in [4.78, 5) is 4.32. The van der Waals surface area contributed by atoms with Gasteiger partial charge in [-0.3, -0.25) is 4.98 Å². The van der Waals surface area contributed by atoms with E-state index in [0.29, 0.717) is 0 Å². The molecule has 0 saturated carbocycles. The SMILES string of the molecule is C=Cc1cc(-c2cccnc2C)c(C)cc1C=N. The molecule has 2 aromatic rings. The van der Waals surface area contributed by atoms with Crippen LogP contribution >= 0.6 is 0 Å². The Morgan fingerprint density at radius 2 is 1.94 bits per heavy atom. The number of hydrogen-bond donors (Lipinski definition) is 1. The third kappa shape index (κ3) is 2.09. The van der Waals surface area contributed by atoms with Crippen LogP contribution < -0.4 is 0 Å². The lowest BCUT2D eigenvalue weighted by atomic mass is 9.94. The molecule has 0 amide bonds. The zero-order valence-corrected chi connectivity index (χ0v) is 10.7. The number of nitrogens with zero attached hydrogens (tertiary/aromatic N) is 1. The van der Waals surface area contributed by atoms with E-state index in [0.717, 1.165) is 33.5 Å². The van der Waals surface area contributed by atoms with Crippen LogP contribution in [0.3, 0.4) is 0 Å². The number of nitrogens with one attached hydrogen (secondary N) is 1. The molecule has 2 nitrogen and oxygen atoms in total. The molecular weight excluding hydrogens is 220 g/mol. The number of pyridine rings is 1. The van der Waals surface area contributed by atoms with Crippen LogP contribution in [0.25, 0.3) is 17.2 Å². The highest BCUT2D eigenvalue weighted by Crippen LogP contribution is 2.28. The van der Waals surface area contributed by atoms with Gasteiger partial charge in [-0.05, 0) is 54.3 Å². The lowest BCUT2D eigenvalue weighted by Gasteiger charge is -2.11. The van der Waals surface area contributed by atoms with Gasteiger partial charge < -0.3 is 5.41 Å². The minimum Gasteiger partial charge on any atom is -0.308 e. The molecule has 0 radical (unpaired) electrons. The molecule has 2 heteroatoms. The minimum absolute atomic E-state index is 0.896. The molecule has 0 aliphatic heterocycles. The average Bonchev–Trinajstić information content (AvgIpc) is 2.39. The number of benzene rings is 1. The van der Waals surface area contributed by atoms with Gasteiger partial charge in [0.05, 0.1) is 0 Å². The van der Waals surface area contributed by atoms with Gasteiger partial charge in [0.1, 0.15) is 0 Å². The second-order valence-electron chi connectivity index (χ2n) is 4.28. The predicted octanol–water partition coefficient (Wildman–Crippen LogP) is 4.01. The van der Waals surface area contributed by atoms with Crippen LogP contribution in [0, 0.1) is 19.3 Å². The number of rotatable bonds is 3. The zero-order chi connectivity index (χ0) is 13.1. The van der Waals surface area contributed by atoms with E-state index in [2.05, 4.69) is 30.6 Å². The number of aryl methyl sites for hydroxylation is 2. The molecule has 2 rings (SSSR count). The van der Waals surface area contributed by atoms with E-state index in [4.69, 9.17) is 5.41 Å². The third-order valence-electron chi connectivity index (χ3n) is 3.10. The third-order valence-corrected chi connectivity index (χ3v) is 3.10. The van der Waals surface area contributed by atoms with Crippen molar-refractivity contribution < 1.29 is 0 Å². The largest absolute Gasteiger partial charge is 0.308 e. The smallest absolute Gasteiger partial charge is 0.0451 e. The minimum atomic E-state index is 0.896. The Kier molecular flexibility index (Phi) is 3.38. The van der Waals surface area contributed by atoms with Crippen LogP contribution in [0.5, 0.6) is 0 Å². The van der Waals surface area contributed by atoms with Gasteiger partial charge in [0.2, 0.25) is 0 Å². The van der Waals surface area contributed by atoms with Gasteiger partial charge in [-0.2, -0.15) is 0 Å². The first-order valence-electron chi connectivity index (χ1n) is 5.87. The van der Waals surface area contributed by atoms with E-state index in [1.54, 1.807) is 12.3 Å². The van der Waals surface area contributed by atoms with Crippen molar-refractivity contribution in [1.29, 1.82) is 5.41 Å². The van der Waals surface area contributed by atoms with Crippen molar-refractivity contribution in [3.8, 4) is 11.1 Å². The fourth-order valence-electron chi connectivity index (χ4n) is 2.11. The Morgan fingerprint density at radius 1 is 1.17 bits per heavy atom. The van der Waals surface area contributed by atoms with E-state index in [1.165, 1.54) is 6.21 Å². The van der Waals surface area contributed by atoms with Crippen molar-refractivity contribution in [3.05, 3.63) is 59.4 Å². The number of aromatic nitrogens is 1. The Bertz CT molecular complexity index is 612. The van der Waals surface area contributed by atoms with Crippen LogP contribution in [0.1, 0.15) is 22.4 Å². The molecule has 1 N–H and O–H groups in total. The van der Waals surface area contributed by atoms with E-state index < -0.39 is 0 Å². The Morgan fingerprint density at radius 3 is 2.56 bits per heavy atom. The van der Waals surface area contributed by atoms with E-state index in [1.807, 2.05) is 19.1 Å². The van der Waals surface area contributed by atoms with Crippen LogP contribution in [0.2, 0.25) is 0 Å². The van der Waals surface area contributed by atoms with Gasteiger partial charge in [0.25, 0.3) is 0 Å². The fourth-order valence-corrected chi connectivity index (χ4v) is 2.11. The molecule has 1 aromatic carbocycles. The van der Waals surface area contributed by atoms with Crippen LogP contribution in [0.4, 0.5) is 0 Å². The summed E-state index contributed by atoms with van der Waals surface area (Å²) in [6.07, 6.45) is 4.95. The summed E-state index contributed by atoms with van der Waals surface area (Å²) in [5.41, 5.74) is 6.32. The van der Waals surface area contributed by atoms with Gasteiger partial charge >= 0.3 is 0 Å². The molecular formula is C16H16N2. The molecule has 0 spiro atoms. The van der Waals surface area contributed by atoms with Crippen molar-refractivity contribution >= 4 is 12.3 Å². The predicted molar refractivity (Wildman–Crippen MR) is 77.1 cm³/mol. The zero-order valence-electron chi connectivity index (χ0n) is 10.7. The average molecular weight is 236 g/mol. The first kappa shape index (κ1) is 12.2. The molecule has 0 saturated heterocycles. The first-order valence-corrected chi connectivity index (χ1v) is 5.87. The van der Waals surface area contributed by atoms with Crippen molar-refractivity contribution in [2.24, 2.45) is 0 Å². The topological polar surface area (TPSA) is 36.7 Å². The molecule has 18 heavy (non-hydrogen) atoms. The fraction of sp³-hybridized carbons (Fsp3) is 0.125. The number of hydrogen-bond acceptors (Lipinski definition) is 2. The molecule has 90 valence electrons. The van der Waals surface area contributed by atoms with Gasteiger partial charge in [-0.1, -0.05) is 18.7 Å². The van der Waals surface area contributed by atoms with E-state index >= 15 is 0 Å². The highest BCUT2D eigenvalue weighted by atomic mass is 14.7. The molecule has 0 fully saturated rings. The van der Waals surface area contributed by atoms with Crippen LogP contribution in [0.15, 0.2) is 37.0 Å². The highest BCUT2D eigenvalue weighted by Gasteiger charge is 2.08. The van der Waals surface area contributed by atoms with E-state index in [9.17, 15) is 0 Å². The normalized spacial score (nSPS) is 10.1. The van der Waals surface area contributed by atoms with Crippen LogP contribution in [-0.2, 0) is 0 Å². The summed E-state index contributed by atoms with van der Waals surface area (Å²) in [7, 11) is 0. The molecule has 0 atom stereocenters. The van der Waals surface area contributed by atoms with Gasteiger partial charge in [-0.15, -0.1) is 0 Å². The van der Waals surface area contributed by atoms with E-state index in [-0.39, 0.29) is 0 Å². The summed E-state index contributed by atoms with van der Waals surface area (Å²) in [6, 6.07) is 8.11. The molecule has 0 aliphatic rings. The summed E-state index contributed by atoms with van der Waals surface area (Å²) in [6.45, 7) is 7.87. The Labute approximate surface area is 108 Å². The summed E-state index contributed by atoms with van der Waals surface area (Å²) in [5, 5.41) is 7.42. The Balaban J connectivity index is 2.69. The second kappa shape index (κ2) is 4.96. The lowest BCUT2D eigenvalue weighted by Crippen LogP contribution is -1.94. The monoisotopic (exact) mass is 236 g/mol. The molecule has 1 heterocycles. The summed E-state index contributed by atoms with van der Waals surface area (Å²) < 4.78 is 0. The molecule has 0 bridgehead atoms. The summed E-state index contributed by atoms with van der Waals surface area (Å²) >= 11 is 0. The first-order chi connectivity index (χ1) is 8.67. The maximum atomic E-state index is 7.42. The Hall–Kier alpha value is -2.22. The van der Waals surface area contributed by atoms with Crippen molar-refractivity contribution in [2.75, 3.05) is 0 Å². The van der Waals surface area contributed by atoms with Crippen molar-refractivity contribution in [1.82, 2.24) is 4.98 Å². The summed E-state index contributed by atoms with van der Waals surface area (Å²) in [5.74, 6) is 0. The van der Waals surface area contributed by atoms with Crippen molar-refractivity contribution in [2.45, 2.75) is 13.8 Å². The van der Waals surface area contributed by atoms with Crippen molar-refractivity contribution in [3.63, 3.8) is 0 Å². The molecule has 0 aliphatic carbocycles. The lowest BCUT2D eigenvalue weighted by molar-refractivity contribution is 1.20.